The second kappa shape index (κ2) is 8.62. The number of thiophene rings is 1. The van der Waals surface area contributed by atoms with Crippen molar-refractivity contribution in [3.8, 4) is 0 Å². The van der Waals surface area contributed by atoms with Gasteiger partial charge in [0.1, 0.15) is 0 Å². The van der Waals surface area contributed by atoms with Crippen molar-refractivity contribution in [2.45, 2.75) is 32.4 Å². The summed E-state index contributed by atoms with van der Waals surface area (Å²) in [6.45, 7) is 5.20. The predicted molar refractivity (Wildman–Crippen MR) is 86.2 cm³/mol. The summed E-state index contributed by atoms with van der Waals surface area (Å²) >= 11 is 1.67. The molecule has 0 aromatic carbocycles. The van der Waals surface area contributed by atoms with E-state index in [4.69, 9.17) is 5.73 Å². The maximum Gasteiger partial charge on any atom is 0.234 e. The molecule has 0 bridgehead atoms. The molecule has 20 heavy (non-hydrogen) atoms. The van der Waals surface area contributed by atoms with E-state index in [-0.39, 0.29) is 24.4 Å². The van der Waals surface area contributed by atoms with Crippen molar-refractivity contribution in [2.75, 3.05) is 19.6 Å². The van der Waals surface area contributed by atoms with E-state index in [1.165, 1.54) is 4.88 Å². The van der Waals surface area contributed by atoms with Gasteiger partial charge in [-0.3, -0.25) is 9.69 Å². The van der Waals surface area contributed by atoms with E-state index >= 15 is 0 Å². The van der Waals surface area contributed by atoms with Crippen molar-refractivity contribution >= 4 is 29.7 Å². The Hall–Kier alpha value is -0.620. The zero-order chi connectivity index (χ0) is 13.7. The number of carbonyl (C=O) groups is 1. The van der Waals surface area contributed by atoms with Crippen molar-refractivity contribution in [2.24, 2.45) is 11.7 Å². The Morgan fingerprint density at radius 3 is 2.80 bits per heavy atom. The van der Waals surface area contributed by atoms with Crippen molar-refractivity contribution in [3.05, 3.63) is 22.4 Å². The summed E-state index contributed by atoms with van der Waals surface area (Å²) in [5.41, 5.74) is 5.92. The minimum absolute atomic E-state index is 0. The standard InChI is InChI=1S/C14H23N3OS.ClH/c1-11(15)12-4-6-17(7-5-12)10-14(18)16-9-13-3-2-8-19-13;/h2-3,8,11-12H,4-7,9-10,15H2,1H3,(H,16,18);1H. The molecule has 1 atom stereocenters. The number of amides is 1. The molecule has 0 saturated carbocycles. The smallest absolute Gasteiger partial charge is 0.234 e. The lowest BCUT2D eigenvalue weighted by atomic mass is 9.91. The zero-order valence-corrected chi connectivity index (χ0v) is 13.5. The summed E-state index contributed by atoms with van der Waals surface area (Å²) in [7, 11) is 0. The quantitative estimate of drug-likeness (QED) is 0.871. The van der Waals surface area contributed by atoms with Gasteiger partial charge in [0.15, 0.2) is 0 Å². The number of hydrogen-bond acceptors (Lipinski definition) is 4. The van der Waals surface area contributed by atoms with E-state index in [2.05, 4.69) is 17.1 Å². The molecule has 1 unspecified atom stereocenters. The minimum Gasteiger partial charge on any atom is -0.350 e. The molecule has 2 heterocycles. The van der Waals surface area contributed by atoms with Crippen LogP contribution in [0.3, 0.4) is 0 Å². The first-order valence-corrected chi connectivity index (χ1v) is 7.80. The number of nitrogens with two attached hydrogens (primary N) is 1. The molecule has 1 aliphatic rings. The van der Waals surface area contributed by atoms with Crippen LogP contribution in [-0.4, -0.2) is 36.5 Å². The summed E-state index contributed by atoms with van der Waals surface area (Å²) in [4.78, 5) is 15.3. The summed E-state index contributed by atoms with van der Waals surface area (Å²) in [6.07, 6.45) is 2.21. The van der Waals surface area contributed by atoms with Crippen LogP contribution < -0.4 is 11.1 Å². The molecule has 0 radical (unpaired) electrons. The third-order valence-corrected chi connectivity index (χ3v) is 4.66. The van der Waals surface area contributed by atoms with Gasteiger partial charge in [0, 0.05) is 10.9 Å². The molecule has 1 fully saturated rings. The fraction of sp³-hybridized carbons (Fsp3) is 0.643. The number of hydrogen-bond donors (Lipinski definition) is 2. The largest absolute Gasteiger partial charge is 0.350 e. The molecule has 1 saturated heterocycles. The number of nitrogens with one attached hydrogen (secondary N) is 1. The Bertz CT molecular complexity index is 389. The van der Waals surface area contributed by atoms with Crippen LogP contribution in [0, 0.1) is 5.92 Å². The van der Waals surface area contributed by atoms with Crippen LogP contribution in [0.5, 0.6) is 0 Å². The van der Waals surface area contributed by atoms with Gasteiger partial charge in [0.05, 0.1) is 13.1 Å². The second-order valence-electron chi connectivity index (χ2n) is 5.33. The summed E-state index contributed by atoms with van der Waals surface area (Å²) in [5.74, 6) is 0.734. The highest BCUT2D eigenvalue weighted by molar-refractivity contribution is 7.09. The van der Waals surface area contributed by atoms with Crippen molar-refractivity contribution in [1.82, 2.24) is 10.2 Å². The van der Waals surface area contributed by atoms with Crippen LogP contribution in [0.4, 0.5) is 0 Å². The van der Waals surface area contributed by atoms with Crippen molar-refractivity contribution < 1.29 is 4.79 Å². The first-order valence-electron chi connectivity index (χ1n) is 6.92. The fourth-order valence-electron chi connectivity index (χ4n) is 2.49. The number of rotatable bonds is 5. The number of piperidine rings is 1. The van der Waals surface area contributed by atoms with Gasteiger partial charge in [-0.25, -0.2) is 0 Å². The fourth-order valence-corrected chi connectivity index (χ4v) is 3.14. The van der Waals surface area contributed by atoms with Gasteiger partial charge in [-0.15, -0.1) is 23.7 Å². The molecule has 2 rings (SSSR count). The van der Waals surface area contributed by atoms with Crippen LogP contribution in [0.15, 0.2) is 17.5 Å². The van der Waals surface area contributed by atoms with E-state index in [1.54, 1.807) is 11.3 Å². The number of carbonyl (C=O) groups excluding carboxylic acids is 1. The molecule has 1 aromatic heterocycles. The number of nitrogens with zero attached hydrogens (tertiary/aromatic N) is 1. The number of halogens is 1. The van der Waals surface area contributed by atoms with Crippen LogP contribution in [0.25, 0.3) is 0 Å². The zero-order valence-electron chi connectivity index (χ0n) is 11.9. The topological polar surface area (TPSA) is 58.4 Å². The highest BCUT2D eigenvalue weighted by Crippen LogP contribution is 2.19. The van der Waals surface area contributed by atoms with E-state index in [0.29, 0.717) is 19.0 Å². The van der Waals surface area contributed by atoms with Crippen LogP contribution in [0.2, 0.25) is 0 Å². The summed E-state index contributed by atoms with van der Waals surface area (Å²) < 4.78 is 0. The van der Waals surface area contributed by atoms with Crippen molar-refractivity contribution in [1.29, 1.82) is 0 Å². The normalized spacial score (nSPS) is 18.3. The molecule has 0 spiro atoms. The molecule has 1 aliphatic heterocycles. The first kappa shape index (κ1) is 17.4. The Balaban J connectivity index is 0.00000200. The maximum atomic E-state index is 11.8. The van der Waals surface area contributed by atoms with Gasteiger partial charge in [-0.1, -0.05) is 6.07 Å². The third kappa shape index (κ3) is 5.40. The average Bonchev–Trinajstić information content (AvgIpc) is 2.90. The minimum atomic E-state index is 0. The molecular formula is C14H24ClN3OS. The van der Waals surface area contributed by atoms with Gasteiger partial charge >= 0.3 is 0 Å². The highest BCUT2D eigenvalue weighted by atomic mass is 35.5. The van der Waals surface area contributed by atoms with Gasteiger partial charge < -0.3 is 11.1 Å². The number of likely N-dealkylation sites (tertiary alicyclic amines) is 1. The summed E-state index contributed by atoms with van der Waals surface area (Å²) in [6, 6.07) is 4.32. The van der Waals surface area contributed by atoms with Gasteiger partial charge in [-0.05, 0) is 50.2 Å². The Kier molecular flexibility index (Phi) is 7.51. The maximum absolute atomic E-state index is 11.8. The van der Waals surface area contributed by atoms with Gasteiger partial charge in [-0.2, -0.15) is 0 Å². The van der Waals surface area contributed by atoms with Gasteiger partial charge in [0.25, 0.3) is 0 Å². The summed E-state index contributed by atoms with van der Waals surface area (Å²) in [5, 5.41) is 5.00. The van der Waals surface area contributed by atoms with E-state index in [0.717, 1.165) is 25.9 Å². The molecule has 0 aliphatic carbocycles. The Labute approximate surface area is 131 Å². The van der Waals surface area contributed by atoms with Crippen molar-refractivity contribution in [3.63, 3.8) is 0 Å². The molecule has 6 heteroatoms. The average molecular weight is 318 g/mol. The second-order valence-corrected chi connectivity index (χ2v) is 6.36. The Morgan fingerprint density at radius 2 is 2.25 bits per heavy atom. The molecule has 3 N–H and O–H groups in total. The lowest BCUT2D eigenvalue weighted by Crippen LogP contribution is -2.44. The molecule has 1 amide bonds. The molecule has 114 valence electrons. The van der Waals surface area contributed by atoms with Crippen LogP contribution in [-0.2, 0) is 11.3 Å². The lowest BCUT2D eigenvalue weighted by molar-refractivity contribution is -0.122. The van der Waals surface area contributed by atoms with Gasteiger partial charge in [0.2, 0.25) is 5.91 Å². The lowest BCUT2D eigenvalue weighted by Gasteiger charge is -2.33. The van der Waals surface area contributed by atoms with E-state index in [1.807, 2.05) is 17.5 Å². The van der Waals surface area contributed by atoms with Crippen LogP contribution in [0.1, 0.15) is 24.6 Å². The molecule has 1 aromatic rings. The predicted octanol–water partition coefficient (Wildman–Crippen LogP) is 1.85. The van der Waals surface area contributed by atoms with E-state index in [9.17, 15) is 4.79 Å². The van der Waals surface area contributed by atoms with Crippen LogP contribution >= 0.6 is 23.7 Å². The Morgan fingerprint density at radius 1 is 1.55 bits per heavy atom. The van der Waals surface area contributed by atoms with E-state index < -0.39 is 0 Å². The third-order valence-electron chi connectivity index (χ3n) is 3.78. The SMILES string of the molecule is CC(N)C1CCN(CC(=O)NCc2cccs2)CC1.Cl. The monoisotopic (exact) mass is 317 g/mol. The molecule has 4 nitrogen and oxygen atoms in total. The molecular weight excluding hydrogens is 294 g/mol. The highest BCUT2D eigenvalue weighted by Gasteiger charge is 2.22. The first-order chi connectivity index (χ1) is 9.15.